The molecule has 0 fully saturated rings. The molecule has 2 aromatic heterocycles. The molecule has 0 amide bonds. The van der Waals surface area contributed by atoms with Gasteiger partial charge in [0.25, 0.3) is 0 Å². The van der Waals surface area contributed by atoms with Gasteiger partial charge in [0.05, 0.1) is 22.8 Å². The summed E-state index contributed by atoms with van der Waals surface area (Å²) >= 11 is 0. The van der Waals surface area contributed by atoms with Crippen LogP contribution in [0.5, 0.6) is 0 Å². The molecule has 2 N–H and O–H groups in total. The highest BCUT2D eigenvalue weighted by Gasteiger charge is 2.10. The molecule has 106 valence electrons. The van der Waals surface area contributed by atoms with E-state index in [9.17, 15) is 9.90 Å². The first-order valence-electron chi connectivity index (χ1n) is 6.78. The van der Waals surface area contributed by atoms with Crippen LogP contribution in [0.15, 0.2) is 54.9 Å². The number of H-pyrrole nitrogens is 1. The van der Waals surface area contributed by atoms with E-state index in [-0.39, 0.29) is 5.56 Å². The Bertz CT molecular complexity index is 1020. The molecule has 22 heavy (non-hydrogen) atoms. The SMILES string of the molecule is O=C(O)c1ccnc2ccc(-c3ccc4[nH]ncc4c3)cc12. The van der Waals surface area contributed by atoms with Crippen LogP contribution in [0.25, 0.3) is 32.9 Å². The molecule has 4 aromatic rings. The van der Waals surface area contributed by atoms with Crippen LogP contribution < -0.4 is 0 Å². The normalized spacial score (nSPS) is 11.1. The fourth-order valence-electron chi connectivity index (χ4n) is 2.63. The number of carboxylic acids is 1. The van der Waals surface area contributed by atoms with Gasteiger partial charge in [-0.1, -0.05) is 12.1 Å². The summed E-state index contributed by atoms with van der Waals surface area (Å²) in [6.07, 6.45) is 3.28. The van der Waals surface area contributed by atoms with Crippen molar-refractivity contribution < 1.29 is 9.90 Å². The Kier molecular flexibility index (Phi) is 2.66. The summed E-state index contributed by atoms with van der Waals surface area (Å²) in [4.78, 5) is 15.6. The molecular weight excluding hydrogens is 278 g/mol. The van der Waals surface area contributed by atoms with Gasteiger partial charge in [-0.2, -0.15) is 5.10 Å². The number of aromatic nitrogens is 3. The maximum Gasteiger partial charge on any atom is 0.336 e. The Labute approximate surface area is 125 Å². The largest absolute Gasteiger partial charge is 0.478 e. The number of aromatic carboxylic acids is 1. The van der Waals surface area contributed by atoms with E-state index in [1.807, 2.05) is 36.4 Å². The lowest BCUT2D eigenvalue weighted by molar-refractivity contribution is 0.0699. The maximum absolute atomic E-state index is 11.4. The summed E-state index contributed by atoms with van der Waals surface area (Å²) in [6, 6.07) is 13.2. The third-order valence-electron chi connectivity index (χ3n) is 3.75. The Morgan fingerprint density at radius 1 is 1.05 bits per heavy atom. The van der Waals surface area contributed by atoms with Crippen molar-refractivity contribution in [3.63, 3.8) is 0 Å². The summed E-state index contributed by atoms with van der Waals surface area (Å²) in [5, 5.41) is 17.9. The zero-order chi connectivity index (χ0) is 15.1. The molecule has 4 rings (SSSR count). The number of carbonyl (C=O) groups is 1. The molecule has 5 heteroatoms. The van der Waals surface area contributed by atoms with Crippen LogP contribution in [0.1, 0.15) is 10.4 Å². The van der Waals surface area contributed by atoms with E-state index in [0.717, 1.165) is 22.0 Å². The average molecular weight is 289 g/mol. The predicted molar refractivity (Wildman–Crippen MR) is 83.8 cm³/mol. The van der Waals surface area contributed by atoms with Gasteiger partial charge in [0.2, 0.25) is 0 Å². The lowest BCUT2D eigenvalue weighted by Crippen LogP contribution is -1.98. The second-order valence-corrected chi connectivity index (χ2v) is 5.07. The highest BCUT2D eigenvalue weighted by molar-refractivity contribution is 6.03. The van der Waals surface area contributed by atoms with Gasteiger partial charge < -0.3 is 5.11 Å². The standard InChI is InChI=1S/C17H11N3O2/c21-17(22)13-5-6-18-16-4-2-11(8-14(13)16)10-1-3-15-12(7-10)9-19-20-15/h1-9H,(H,19,20)(H,21,22). The monoisotopic (exact) mass is 289 g/mol. The van der Waals surface area contributed by atoms with Crippen molar-refractivity contribution in [1.82, 2.24) is 15.2 Å². The Morgan fingerprint density at radius 2 is 1.86 bits per heavy atom. The third kappa shape index (κ3) is 1.91. The summed E-state index contributed by atoms with van der Waals surface area (Å²) < 4.78 is 0. The van der Waals surface area contributed by atoms with Crippen LogP contribution in [0, 0.1) is 0 Å². The summed E-state index contributed by atoms with van der Waals surface area (Å²) in [7, 11) is 0. The number of pyridine rings is 1. The zero-order valence-corrected chi connectivity index (χ0v) is 11.4. The van der Waals surface area contributed by atoms with Crippen molar-refractivity contribution in [3.8, 4) is 11.1 Å². The number of fused-ring (bicyclic) bond motifs is 2. The van der Waals surface area contributed by atoms with Crippen LogP contribution in [0.2, 0.25) is 0 Å². The van der Waals surface area contributed by atoms with E-state index in [0.29, 0.717) is 10.9 Å². The van der Waals surface area contributed by atoms with Crippen LogP contribution >= 0.6 is 0 Å². The van der Waals surface area contributed by atoms with Gasteiger partial charge in [-0.15, -0.1) is 0 Å². The van der Waals surface area contributed by atoms with E-state index in [2.05, 4.69) is 15.2 Å². The Balaban J connectivity index is 1.94. The maximum atomic E-state index is 11.4. The number of aromatic amines is 1. The Hall–Kier alpha value is -3.21. The van der Waals surface area contributed by atoms with Crippen molar-refractivity contribution >= 4 is 27.8 Å². The van der Waals surface area contributed by atoms with E-state index in [1.165, 1.54) is 12.3 Å². The van der Waals surface area contributed by atoms with Gasteiger partial charge in [-0.05, 0) is 41.5 Å². The molecule has 0 aliphatic rings. The molecule has 5 nitrogen and oxygen atoms in total. The zero-order valence-electron chi connectivity index (χ0n) is 11.4. The molecule has 0 saturated carbocycles. The van der Waals surface area contributed by atoms with Gasteiger partial charge >= 0.3 is 5.97 Å². The molecule has 0 aliphatic heterocycles. The summed E-state index contributed by atoms with van der Waals surface area (Å²) in [5.41, 5.74) is 3.86. The van der Waals surface area contributed by atoms with Gasteiger partial charge in [-0.25, -0.2) is 4.79 Å². The molecule has 0 atom stereocenters. The fraction of sp³-hybridized carbons (Fsp3) is 0. The number of nitrogens with one attached hydrogen (secondary N) is 1. The van der Waals surface area contributed by atoms with Crippen LogP contribution in [0.4, 0.5) is 0 Å². The predicted octanol–water partition coefficient (Wildman–Crippen LogP) is 3.48. The van der Waals surface area contributed by atoms with Crippen LogP contribution in [-0.4, -0.2) is 26.3 Å². The number of hydrogen-bond acceptors (Lipinski definition) is 3. The smallest absolute Gasteiger partial charge is 0.336 e. The minimum Gasteiger partial charge on any atom is -0.478 e. The molecule has 0 saturated heterocycles. The Morgan fingerprint density at radius 3 is 2.73 bits per heavy atom. The molecule has 0 unspecified atom stereocenters. The number of hydrogen-bond donors (Lipinski definition) is 2. The number of rotatable bonds is 2. The van der Waals surface area contributed by atoms with Gasteiger partial charge in [0.1, 0.15) is 0 Å². The molecule has 2 heterocycles. The fourth-order valence-corrected chi connectivity index (χ4v) is 2.63. The molecule has 0 bridgehead atoms. The first-order chi connectivity index (χ1) is 10.7. The van der Waals surface area contributed by atoms with Crippen molar-refractivity contribution in [2.45, 2.75) is 0 Å². The summed E-state index contributed by atoms with van der Waals surface area (Å²) in [5.74, 6) is -0.949. The van der Waals surface area contributed by atoms with Gasteiger partial charge in [0, 0.05) is 17.0 Å². The van der Waals surface area contributed by atoms with Crippen LogP contribution in [-0.2, 0) is 0 Å². The molecule has 0 radical (unpaired) electrons. The van der Waals surface area contributed by atoms with Crippen molar-refractivity contribution in [2.24, 2.45) is 0 Å². The van der Waals surface area contributed by atoms with E-state index in [1.54, 1.807) is 6.20 Å². The van der Waals surface area contributed by atoms with Crippen molar-refractivity contribution in [1.29, 1.82) is 0 Å². The minimum absolute atomic E-state index is 0.260. The topological polar surface area (TPSA) is 78.9 Å². The van der Waals surface area contributed by atoms with E-state index >= 15 is 0 Å². The minimum atomic E-state index is -0.949. The first-order valence-corrected chi connectivity index (χ1v) is 6.78. The van der Waals surface area contributed by atoms with Gasteiger partial charge in [0.15, 0.2) is 0 Å². The lowest BCUT2D eigenvalue weighted by Gasteiger charge is -2.06. The molecular formula is C17H11N3O2. The van der Waals surface area contributed by atoms with Crippen molar-refractivity contribution in [3.05, 3.63) is 60.4 Å². The number of nitrogens with zero attached hydrogens (tertiary/aromatic N) is 2. The highest BCUT2D eigenvalue weighted by atomic mass is 16.4. The number of benzene rings is 2. The number of carboxylic acid groups (broad SMARTS) is 1. The summed E-state index contributed by atoms with van der Waals surface area (Å²) in [6.45, 7) is 0. The first kappa shape index (κ1) is 12.5. The quantitative estimate of drug-likeness (QED) is 0.592. The van der Waals surface area contributed by atoms with Gasteiger partial charge in [-0.3, -0.25) is 10.1 Å². The lowest BCUT2D eigenvalue weighted by atomic mass is 10.00. The molecule has 2 aromatic carbocycles. The molecule has 0 spiro atoms. The van der Waals surface area contributed by atoms with E-state index in [4.69, 9.17) is 0 Å². The second-order valence-electron chi connectivity index (χ2n) is 5.07. The van der Waals surface area contributed by atoms with Crippen LogP contribution in [0.3, 0.4) is 0 Å². The third-order valence-corrected chi connectivity index (χ3v) is 3.75. The second kappa shape index (κ2) is 4.66. The average Bonchev–Trinajstić information content (AvgIpc) is 3.01. The van der Waals surface area contributed by atoms with E-state index < -0.39 is 5.97 Å². The van der Waals surface area contributed by atoms with Crippen molar-refractivity contribution in [2.75, 3.05) is 0 Å². The highest BCUT2D eigenvalue weighted by Crippen LogP contribution is 2.27. The molecule has 0 aliphatic carbocycles.